The number of phenols is 4. The summed E-state index contributed by atoms with van der Waals surface area (Å²) in [4.78, 5) is 0. The van der Waals surface area contributed by atoms with E-state index in [2.05, 4.69) is 0 Å². The molecule has 6 heteroatoms. The van der Waals surface area contributed by atoms with Crippen molar-refractivity contribution < 1.29 is 25.2 Å². The van der Waals surface area contributed by atoms with Gasteiger partial charge in [0.1, 0.15) is 11.5 Å². The molecule has 0 aliphatic heterocycles. The van der Waals surface area contributed by atoms with Gasteiger partial charge in [-0.05, 0) is 12.1 Å². The van der Waals surface area contributed by atoms with Crippen LogP contribution in [0.1, 0.15) is 0 Å². The first-order valence-corrected chi connectivity index (χ1v) is 4.98. The van der Waals surface area contributed by atoms with Gasteiger partial charge in [-0.2, -0.15) is 0 Å². The van der Waals surface area contributed by atoms with Crippen molar-refractivity contribution in [3.8, 4) is 34.5 Å². The minimum Gasteiger partial charge on any atom is -0.508 e. The minimum atomic E-state index is -0.298. The molecule has 0 aliphatic rings. The van der Waals surface area contributed by atoms with Gasteiger partial charge in [-0.1, -0.05) is 0 Å². The molecule has 0 unspecified atom stereocenters. The smallest absolute Gasteiger partial charge is 0.173 e. The molecule has 2 rings (SSSR count). The molecule has 0 amide bonds. The van der Waals surface area contributed by atoms with Crippen LogP contribution in [0.2, 0.25) is 0 Å². The first-order valence-electron chi connectivity index (χ1n) is 4.98. The van der Waals surface area contributed by atoms with Gasteiger partial charge in [0.25, 0.3) is 0 Å². The van der Waals surface area contributed by atoms with Crippen molar-refractivity contribution in [3.05, 3.63) is 30.3 Å². The Morgan fingerprint density at radius 3 is 2.17 bits per heavy atom. The second-order valence-corrected chi connectivity index (χ2v) is 3.63. The molecule has 0 aromatic heterocycles. The van der Waals surface area contributed by atoms with Gasteiger partial charge < -0.3 is 30.9 Å². The zero-order chi connectivity index (χ0) is 13.3. The Balaban J connectivity index is 2.40. The van der Waals surface area contributed by atoms with Crippen LogP contribution in [0.25, 0.3) is 0 Å². The highest BCUT2D eigenvalue weighted by atomic mass is 16.5. The van der Waals surface area contributed by atoms with Gasteiger partial charge in [0.15, 0.2) is 23.0 Å². The fourth-order valence-electron chi connectivity index (χ4n) is 1.36. The van der Waals surface area contributed by atoms with Crippen molar-refractivity contribution >= 4 is 5.69 Å². The molecule has 94 valence electrons. The van der Waals surface area contributed by atoms with Gasteiger partial charge in [0.05, 0.1) is 5.69 Å². The second-order valence-electron chi connectivity index (χ2n) is 3.63. The average Bonchev–Trinajstić information content (AvgIpc) is 2.30. The number of rotatable bonds is 2. The Kier molecular flexibility index (Phi) is 2.77. The number of phenolic OH excluding ortho intramolecular Hbond substituents is 4. The van der Waals surface area contributed by atoms with Gasteiger partial charge in [-0.3, -0.25) is 0 Å². The molecule has 18 heavy (non-hydrogen) atoms. The highest BCUT2D eigenvalue weighted by molar-refractivity contribution is 5.61. The topological polar surface area (TPSA) is 116 Å². The molecule has 0 saturated carbocycles. The summed E-state index contributed by atoms with van der Waals surface area (Å²) in [6.07, 6.45) is 0. The summed E-state index contributed by atoms with van der Waals surface area (Å²) < 4.78 is 5.18. The van der Waals surface area contributed by atoms with E-state index in [0.717, 1.165) is 12.1 Å². The number of hydrogen-bond acceptors (Lipinski definition) is 6. The second kappa shape index (κ2) is 4.25. The van der Waals surface area contributed by atoms with Crippen LogP contribution in [0.5, 0.6) is 34.5 Å². The zero-order valence-electron chi connectivity index (χ0n) is 9.16. The number of nitrogens with two attached hydrogens (primary N) is 1. The van der Waals surface area contributed by atoms with Crippen LogP contribution in [0.4, 0.5) is 5.69 Å². The van der Waals surface area contributed by atoms with Crippen LogP contribution in [0.3, 0.4) is 0 Å². The quantitative estimate of drug-likeness (QED) is 0.315. The van der Waals surface area contributed by atoms with Crippen LogP contribution in [-0.2, 0) is 0 Å². The molecule has 0 bridgehead atoms. The lowest BCUT2D eigenvalue weighted by Crippen LogP contribution is -1.89. The molecule has 0 radical (unpaired) electrons. The summed E-state index contributed by atoms with van der Waals surface area (Å²) in [7, 11) is 0. The summed E-state index contributed by atoms with van der Waals surface area (Å²) in [6.45, 7) is 0. The zero-order valence-corrected chi connectivity index (χ0v) is 9.16. The molecule has 2 aromatic carbocycles. The van der Waals surface area contributed by atoms with Crippen LogP contribution < -0.4 is 10.5 Å². The van der Waals surface area contributed by atoms with E-state index in [1.165, 1.54) is 18.2 Å². The maximum absolute atomic E-state index is 9.58. The van der Waals surface area contributed by atoms with Crippen molar-refractivity contribution in [1.29, 1.82) is 0 Å². The fourth-order valence-corrected chi connectivity index (χ4v) is 1.36. The molecule has 2 aromatic rings. The lowest BCUT2D eigenvalue weighted by Gasteiger charge is -2.10. The van der Waals surface area contributed by atoms with E-state index in [1.807, 2.05) is 0 Å². The van der Waals surface area contributed by atoms with Crippen LogP contribution in [-0.4, -0.2) is 20.4 Å². The third kappa shape index (κ3) is 2.17. The SMILES string of the molecule is Nc1cc(O)c(Oc2cc(O)ccc2O)cc1O. The first kappa shape index (κ1) is 11.7. The van der Waals surface area contributed by atoms with Crippen LogP contribution in [0, 0.1) is 0 Å². The lowest BCUT2D eigenvalue weighted by atomic mass is 10.2. The predicted octanol–water partition coefficient (Wildman–Crippen LogP) is 1.88. The van der Waals surface area contributed by atoms with Gasteiger partial charge in [-0.25, -0.2) is 0 Å². The minimum absolute atomic E-state index is 0.0000177. The van der Waals surface area contributed by atoms with Crippen molar-refractivity contribution in [3.63, 3.8) is 0 Å². The Bertz CT molecular complexity index is 597. The molecule has 0 spiro atoms. The van der Waals surface area contributed by atoms with Crippen molar-refractivity contribution in [2.75, 3.05) is 5.73 Å². The number of nitrogen functional groups attached to an aromatic ring is 1. The standard InChI is InChI=1S/C12H11NO5/c13-7-4-10(17)12(5-9(7)16)18-11-3-6(14)1-2-8(11)15/h1-5,14-17H,13H2. The molecule has 0 fully saturated rings. The molecular formula is C12H11NO5. The Hall–Kier alpha value is -2.76. The molecular weight excluding hydrogens is 238 g/mol. The largest absolute Gasteiger partial charge is 0.508 e. The number of hydrogen-bond donors (Lipinski definition) is 5. The third-order valence-corrected chi connectivity index (χ3v) is 2.27. The van der Waals surface area contributed by atoms with E-state index in [4.69, 9.17) is 10.5 Å². The van der Waals surface area contributed by atoms with Crippen molar-refractivity contribution in [2.24, 2.45) is 0 Å². The average molecular weight is 249 g/mol. The summed E-state index contributed by atoms with van der Waals surface area (Å²) >= 11 is 0. The number of benzene rings is 2. The summed E-state index contributed by atoms with van der Waals surface area (Å²) in [6, 6.07) is 5.90. The molecule has 0 heterocycles. The highest BCUT2D eigenvalue weighted by Crippen LogP contribution is 2.40. The van der Waals surface area contributed by atoms with Crippen molar-refractivity contribution in [2.45, 2.75) is 0 Å². The third-order valence-electron chi connectivity index (χ3n) is 2.27. The fraction of sp³-hybridized carbons (Fsp3) is 0. The van der Waals surface area contributed by atoms with Crippen molar-refractivity contribution in [1.82, 2.24) is 0 Å². The van der Waals surface area contributed by atoms with E-state index in [1.54, 1.807) is 0 Å². The molecule has 6 nitrogen and oxygen atoms in total. The van der Waals surface area contributed by atoms with E-state index in [-0.39, 0.29) is 40.2 Å². The Morgan fingerprint density at radius 2 is 1.44 bits per heavy atom. The summed E-state index contributed by atoms with van der Waals surface area (Å²) in [5.41, 5.74) is 5.38. The van der Waals surface area contributed by atoms with E-state index in [0.29, 0.717) is 0 Å². The van der Waals surface area contributed by atoms with Gasteiger partial charge in [0, 0.05) is 18.2 Å². The normalized spacial score (nSPS) is 10.2. The maximum Gasteiger partial charge on any atom is 0.173 e. The van der Waals surface area contributed by atoms with Gasteiger partial charge >= 0.3 is 0 Å². The summed E-state index contributed by atoms with van der Waals surface area (Å²) in [5.74, 6) is -1.04. The van der Waals surface area contributed by atoms with Gasteiger partial charge in [0.2, 0.25) is 0 Å². The first-order chi connectivity index (χ1) is 8.47. The molecule has 0 saturated heterocycles. The molecule has 0 atom stereocenters. The number of ether oxygens (including phenoxy) is 1. The maximum atomic E-state index is 9.58. The number of aromatic hydroxyl groups is 4. The van der Waals surface area contributed by atoms with Crippen LogP contribution in [0.15, 0.2) is 30.3 Å². The van der Waals surface area contributed by atoms with Gasteiger partial charge in [-0.15, -0.1) is 0 Å². The van der Waals surface area contributed by atoms with E-state index >= 15 is 0 Å². The predicted molar refractivity (Wildman–Crippen MR) is 64.0 cm³/mol. The van der Waals surface area contributed by atoms with E-state index < -0.39 is 0 Å². The van der Waals surface area contributed by atoms with E-state index in [9.17, 15) is 20.4 Å². The molecule has 0 aliphatic carbocycles. The molecule has 6 N–H and O–H groups in total. The Morgan fingerprint density at radius 1 is 0.778 bits per heavy atom. The Labute approximate surface area is 102 Å². The monoisotopic (exact) mass is 249 g/mol. The number of anilines is 1. The van der Waals surface area contributed by atoms with Crippen LogP contribution >= 0.6 is 0 Å². The highest BCUT2D eigenvalue weighted by Gasteiger charge is 2.11. The lowest BCUT2D eigenvalue weighted by molar-refractivity contribution is 0.377. The summed E-state index contributed by atoms with van der Waals surface area (Å²) in [5, 5.41) is 37.7.